The third-order valence-electron chi connectivity index (χ3n) is 3.13. The van der Waals surface area contributed by atoms with Crippen LogP contribution >= 0.6 is 15.9 Å². The Morgan fingerprint density at radius 2 is 1.85 bits per heavy atom. The van der Waals surface area contributed by atoms with Crippen LogP contribution in [0.15, 0.2) is 40.9 Å². The van der Waals surface area contributed by atoms with Crippen LogP contribution in [0.1, 0.15) is 34.0 Å². The van der Waals surface area contributed by atoms with Crippen LogP contribution in [0.3, 0.4) is 0 Å². The maximum Gasteiger partial charge on any atom is 0.194 e. The summed E-state index contributed by atoms with van der Waals surface area (Å²) in [5.74, 6) is 0.790. The second-order valence-electron chi connectivity index (χ2n) is 4.72. The second-order valence-corrected chi connectivity index (χ2v) is 5.58. The number of ether oxygens (including phenoxy) is 1. The van der Waals surface area contributed by atoms with Crippen molar-refractivity contribution in [3.05, 3.63) is 63.1 Å². The van der Waals surface area contributed by atoms with Gasteiger partial charge in [0.15, 0.2) is 5.78 Å². The molecule has 0 N–H and O–H groups in total. The standard InChI is InChI=1S/C17H17BrO2/c1-4-20-13-7-8-14(16(18)10-13)17(19)15-9-11(2)5-6-12(15)3/h5-10H,4H2,1-3H3. The summed E-state index contributed by atoms with van der Waals surface area (Å²) in [7, 11) is 0. The summed E-state index contributed by atoms with van der Waals surface area (Å²) in [6.07, 6.45) is 0. The highest BCUT2D eigenvalue weighted by atomic mass is 79.9. The molecule has 0 radical (unpaired) electrons. The number of aryl methyl sites for hydroxylation is 2. The minimum absolute atomic E-state index is 0.0288. The van der Waals surface area contributed by atoms with Crippen molar-refractivity contribution >= 4 is 21.7 Å². The molecule has 0 saturated heterocycles. The van der Waals surface area contributed by atoms with Gasteiger partial charge in [-0.2, -0.15) is 0 Å². The number of halogens is 1. The molecule has 0 spiro atoms. The van der Waals surface area contributed by atoms with Gasteiger partial charge in [-0.1, -0.05) is 17.7 Å². The van der Waals surface area contributed by atoms with Crippen LogP contribution < -0.4 is 4.74 Å². The second kappa shape index (κ2) is 6.23. The molecule has 0 unspecified atom stereocenters. The van der Waals surface area contributed by atoms with E-state index in [1.165, 1.54) is 0 Å². The van der Waals surface area contributed by atoms with Gasteiger partial charge in [-0.25, -0.2) is 0 Å². The maximum absolute atomic E-state index is 12.6. The zero-order chi connectivity index (χ0) is 14.7. The van der Waals surface area contributed by atoms with Gasteiger partial charge in [0.25, 0.3) is 0 Å². The van der Waals surface area contributed by atoms with E-state index in [4.69, 9.17) is 4.74 Å². The van der Waals surface area contributed by atoms with Crippen molar-refractivity contribution in [1.29, 1.82) is 0 Å². The highest BCUT2D eigenvalue weighted by Gasteiger charge is 2.15. The van der Waals surface area contributed by atoms with E-state index in [0.29, 0.717) is 12.2 Å². The van der Waals surface area contributed by atoms with E-state index in [2.05, 4.69) is 15.9 Å². The van der Waals surface area contributed by atoms with Gasteiger partial charge in [-0.15, -0.1) is 0 Å². The summed E-state index contributed by atoms with van der Waals surface area (Å²) in [4.78, 5) is 12.6. The average Bonchev–Trinajstić information content (AvgIpc) is 2.41. The number of hydrogen-bond donors (Lipinski definition) is 0. The summed E-state index contributed by atoms with van der Waals surface area (Å²) < 4.78 is 6.19. The molecular formula is C17H17BrO2. The topological polar surface area (TPSA) is 26.3 Å². The zero-order valence-electron chi connectivity index (χ0n) is 11.9. The molecule has 3 heteroatoms. The predicted molar refractivity (Wildman–Crippen MR) is 84.7 cm³/mol. The molecule has 0 aliphatic rings. The van der Waals surface area contributed by atoms with Crippen LogP contribution in [0.4, 0.5) is 0 Å². The van der Waals surface area contributed by atoms with Gasteiger partial charge in [0, 0.05) is 15.6 Å². The van der Waals surface area contributed by atoms with Crippen LogP contribution in [-0.2, 0) is 0 Å². The smallest absolute Gasteiger partial charge is 0.194 e. The first kappa shape index (κ1) is 14.8. The third kappa shape index (κ3) is 3.10. The van der Waals surface area contributed by atoms with Gasteiger partial charge >= 0.3 is 0 Å². The molecular weight excluding hydrogens is 316 g/mol. The minimum atomic E-state index is 0.0288. The summed E-state index contributed by atoms with van der Waals surface area (Å²) >= 11 is 3.46. The Bertz CT molecular complexity index is 647. The van der Waals surface area contributed by atoms with Crippen LogP contribution in [0.2, 0.25) is 0 Å². The van der Waals surface area contributed by atoms with Crippen molar-refractivity contribution in [2.75, 3.05) is 6.61 Å². The Morgan fingerprint density at radius 3 is 2.50 bits per heavy atom. The fraction of sp³-hybridized carbons (Fsp3) is 0.235. The molecule has 0 saturated carbocycles. The fourth-order valence-electron chi connectivity index (χ4n) is 2.06. The van der Waals surface area contributed by atoms with Crippen molar-refractivity contribution in [3.63, 3.8) is 0 Å². The quantitative estimate of drug-likeness (QED) is 0.759. The Kier molecular flexibility index (Phi) is 4.61. The highest BCUT2D eigenvalue weighted by molar-refractivity contribution is 9.10. The van der Waals surface area contributed by atoms with Crippen LogP contribution in [-0.4, -0.2) is 12.4 Å². The van der Waals surface area contributed by atoms with E-state index >= 15 is 0 Å². The molecule has 0 fully saturated rings. The summed E-state index contributed by atoms with van der Waals surface area (Å²) in [6, 6.07) is 11.4. The Labute approximate surface area is 127 Å². The summed E-state index contributed by atoms with van der Waals surface area (Å²) in [6.45, 7) is 6.48. The maximum atomic E-state index is 12.6. The lowest BCUT2D eigenvalue weighted by Gasteiger charge is -2.10. The molecule has 0 bridgehead atoms. The van der Waals surface area contributed by atoms with Crippen molar-refractivity contribution in [2.24, 2.45) is 0 Å². The predicted octanol–water partition coefficient (Wildman–Crippen LogP) is 4.70. The molecule has 0 aromatic heterocycles. The SMILES string of the molecule is CCOc1ccc(C(=O)c2cc(C)ccc2C)c(Br)c1. The summed E-state index contributed by atoms with van der Waals surface area (Å²) in [5, 5.41) is 0. The molecule has 0 aliphatic heterocycles. The molecule has 0 atom stereocenters. The Hall–Kier alpha value is -1.61. The normalized spacial score (nSPS) is 10.4. The molecule has 0 aliphatic carbocycles. The Morgan fingerprint density at radius 1 is 1.10 bits per heavy atom. The van der Waals surface area contributed by atoms with Crippen LogP contribution in [0.25, 0.3) is 0 Å². The van der Waals surface area contributed by atoms with E-state index in [-0.39, 0.29) is 5.78 Å². The number of carbonyl (C=O) groups excluding carboxylic acids is 1. The number of rotatable bonds is 4. The molecule has 2 aromatic carbocycles. The first-order chi connectivity index (χ1) is 9.52. The molecule has 104 valence electrons. The molecule has 20 heavy (non-hydrogen) atoms. The van der Waals surface area contributed by atoms with Crippen molar-refractivity contribution in [1.82, 2.24) is 0 Å². The fourth-order valence-corrected chi connectivity index (χ4v) is 2.60. The molecule has 0 amide bonds. The van der Waals surface area contributed by atoms with Gasteiger partial charge < -0.3 is 4.74 Å². The van der Waals surface area contributed by atoms with Gasteiger partial charge in [0.2, 0.25) is 0 Å². The monoisotopic (exact) mass is 332 g/mol. The lowest BCUT2D eigenvalue weighted by atomic mass is 9.97. The van der Waals surface area contributed by atoms with Crippen LogP contribution in [0, 0.1) is 13.8 Å². The zero-order valence-corrected chi connectivity index (χ0v) is 13.5. The van der Waals surface area contributed by atoms with E-state index in [9.17, 15) is 4.79 Å². The Balaban J connectivity index is 2.40. The van der Waals surface area contributed by atoms with Crippen molar-refractivity contribution < 1.29 is 9.53 Å². The van der Waals surface area contributed by atoms with E-state index in [1.807, 2.05) is 51.1 Å². The van der Waals surface area contributed by atoms with E-state index in [1.54, 1.807) is 6.07 Å². The summed E-state index contributed by atoms with van der Waals surface area (Å²) in [5.41, 5.74) is 3.47. The molecule has 2 rings (SSSR count). The van der Waals surface area contributed by atoms with Gasteiger partial charge in [0.05, 0.1) is 6.61 Å². The lowest BCUT2D eigenvalue weighted by Crippen LogP contribution is -2.05. The largest absolute Gasteiger partial charge is 0.494 e. The van der Waals surface area contributed by atoms with Crippen LogP contribution in [0.5, 0.6) is 5.75 Å². The first-order valence-electron chi connectivity index (χ1n) is 6.57. The number of carbonyl (C=O) groups is 1. The van der Waals surface area contributed by atoms with E-state index < -0.39 is 0 Å². The highest BCUT2D eigenvalue weighted by Crippen LogP contribution is 2.26. The van der Waals surface area contributed by atoms with Gasteiger partial charge in [-0.3, -0.25) is 4.79 Å². The number of ketones is 1. The van der Waals surface area contributed by atoms with Crippen molar-refractivity contribution in [2.45, 2.75) is 20.8 Å². The molecule has 0 heterocycles. The lowest BCUT2D eigenvalue weighted by molar-refractivity contribution is 0.103. The third-order valence-corrected chi connectivity index (χ3v) is 3.79. The molecule has 2 aromatic rings. The average molecular weight is 333 g/mol. The minimum Gasteiger partial charge on any atom is -0.494 e. The van der Waals surface area contributed by atoms with E-state index in [0.717, 1.165) is 26.9 Å². The van der Waals surface area contributed by atoms with Gasteiger partial charge in [0.1, 0.15) is 5.75 Å². The number of hydrogen-bond acceptors (Lipinski definition) is 2. The number of benzene rings is 2. The first-order valence-corrected chi connectivity index (χ1v) is 7.36. The van der Waals surface area contributed by atoms with Gasteiger partial charge in [-0.05, 0) is 66.5 Å². The van der Waals surface area contributed by atoms with Crippen molar-refractivity contribution in [3.8, 4) is 5.75 Å². The molecule has 2 nitrogen and oxygen atoms in total.